The number of hydrogen-bond acceptors (Lipinski definition) is 5. The highest BCUT2D eigenvalue weighted by molar-refractivity contribution is 6.02. The fourth-order valence-electron chi connectivity index (χ4n) is 4.06. The molecule has 4 rings (SSSR count). The monoisotopic (exact) mass is 465 g/mol. The topological polar surface area (TPSA) is 75.0 Å². The standard InChI is InChI=1S/C26H28FN3O4/c1-29(2)23-12-11-21(28-25(31)24-6-4-14-34-24)15-19(23)16-30(17-22-5-3-13-33-22)26(32)18-7-9-20(27)10-8-18/h4,6-12,14-15,22H,3,5,13,16-17H2,1-2H3,(H,28,31). The van der Waals surface area contributed by atoms with Gasteiger partial charge in [0.1, 0.15) is 5.82 Å². The Morgan fingerprint density at radius 3 is 2.56 bits per heavy atom. The molecule has 1 unspecified atom stereocenters. The summed E-state index contributed by atoms with van der Waals surface area (Å²) in [5.74, 6) is -0.737. The van der Waals surface area contributed by atoms with E-state index in [0.717, 1.165) is 24.1 Å². The maximum absolute atomic E-state index is 13.4. The predicted octanol–water partition coefficient (Wildman–Crippen LogP) is 4.56. The molecule has 3 aromatic rings. The number of rotatable bonds is 8. The van der Waals surface area contributed by atoms with E-state index in [9.17, 15) is 14.0 Å². The van der Waals surface area contributed by atoms with Crippen LogP contribution in [0.5, 0.6) is 0 Å². The van der Waals surface area contributed by atoms with E-state index < -0.39 is 5.82 Å². The maximum Gasteiger partial charge on any atom is 0.291 e. The fourth-order valence-corrected chi connectivity index (χ4v) is 4.06. The molecule has 1 fully saturated rings. The molecule has 1 aliphatic rings. The van der Waals surface area contributed by atoms with Gasteiger partial charge in [-0.3, -0.25) is 9.59 Å². The largest absolute Gasteiger partial charge is 0.459 e. The highest BCUT2D eigenvalue weighted by atomic mass is 19.1. The van der Waals surface area contributed by atoms with Crippen LogP contribution in [0.25, 0.3) is 0 Å². The lowest BCUT2D eigenvalue weighted by Gasteiger charge is -2.28. The molecule has 1 saturated heterocycles. The molecule has 2 amide bonds. The van der Waals surface area contributed by atoms with Crippen LogP contribution in [-0.2, 0) is 11.3 Å². The summed E-state index contributed by atoms with van der Waals surface area (Å²) >= 11 is 0. The number of nitrogens with zero attached hydrogens (tertiary/aromatic N) is 2. The molecule has 0 aliphatic carbocycles. The van der Waals surface area contributed by atoms with Crippen LogP contribution in [0.4, 0.5) is 15.8 Å². The second kappa shape index (κ2) is 10.5. The highest BCUT2D eigenvalue weighted by Gasteiger charge is 2.25. The smallest absolute Gasteiger partial charge is 0.291 e. The van der Waals surface area contributed by atoms with Crippen LogP contribution in [0.2, 0.25) is 0 Å². The van der Waals surface area contributed by atoms with E-state index in [1.165, 1.54) is 30.5 Å². The van der Waals surface area contributed by atoms with Crippen LogP contribution in [0, 0.1) is 5.82 Å². The number of ether oxygens (including phenoxy) is 1. The third kappa shape index (κ3) is 5.63. The Kier molecular flexibility index (Phi) is 7.27. The summed E-state index contributed by atoms with van der Waals surface area (Å²) in [6, 6.07) is 14.4. The maximum atomic E-state index is 13.4. The van der Waals surface area contributed by atoms with Crippen LogP contribution in [0.1, 0.15) is 39.3 Å². The van der Waals surface area contributed by atoms with Crippen LogP contribution in [0.3, 0.4) is 0 Å². The number of carbonyl (C=O) groups is 2. The Bertz CT molecular complexity index is 1120. The van der Waals surface area contributed by atoms with Gasteiger partial charge in [0.25, 0.3) is 11.8 Å². The molecule has 1 aliphatic heterocycles. The van der Waals surface area contributed by atoms with E-state index in [1.807, 2.05) is 37.2 Å². The van der Waals surface area contributed by atoms with Crippen LogP contribution in [-0.4, -0.2) is 50.1 Å². The minimum absolute atomic E-state index is 0.0472. The van der Waals surface area contributed by atoms with Gasteiger partial charge in [0.05, 0.1) is 12.4 Å². The summed E-state index contributed by atoms with van der Waals surface area (Å²) in [6.45, 7) is 1.40. The Hall–Kier alpha value is -3.65. The first kappa shape index (κ1) is 23.5. The van der Waals surface area contributed by atoms with Crippen LogP contribution >= 0.6 is 0 Å². The Morgan fingerprint density at radius 1 is 1.12 bits per heavy atom. The van der Waals surface area contributed by atoms with Crippen molar-refractivity contribution in [1.82, 2.24) is 4.90 Å². The molecule has 0 spiro atoms. The number of halogens is 1. The molecular weight excluding hydrogens is 437 g/mol. The van der Waals surface area contributed by atoms with Gasteiger partial charge in [0.2, 0.25) is 0 Å². The van der Waals surface area contributed by atoms with E-state index in [0.29, 0.717) is 30.9 Å². The molecule has 1 N–H and O–H groups in total. The first-order valence-electron chi connectivity index (χ1n) is 11.2. The lowest BCUT2D eigenvalue weighted by molar-refractivity contribution is 0.0507. The average molecular weight is 466 g/mol. The number of amides is 2. The van der Waals surface area contributed by atoms with Crippen molar-refractivity contribution in [3.8, 4) is 0 Å². The summed E-state index contributed by atoms with van der Waals surface area (Å²) < 4.78 is 24.4. The lowest BCUT2D eigenvalue weighted by Crippen LogP contribution is -2.37. The third-order valence-electron chi connectivity index (χ3n) is 5.75. The van der Waals surface area contributed by atoms with Gasteiger partial charge in [0.15, 0.2) is 5.76 Å². The Balaban J connectivity index is 1.61. The molecule has 1 atom stereocenters. The van der Waals surface area contributed by atoms with Gasteiger partial charge in [-0.15, -0.1) is 0 Å². The summed E-state index contributed by atoms with van der Waals surface area (Å²) in [5.41, 5.74) is 2.78. The molecule has 178 valence electrons. The van der Waals surface area contributed by atoms with Crippen molar-refractivity contribution in [3.05, 3.63) is 83.6 Å². The van der Waals surface area contributed by atoms with Gasteiger partial charge in [-0.05, 0) is 73.0 Å². The van der Waals surface area contributed by atoms with Gasteiger partial charge in [-0.2, -0.15) is 0 Å². The zero-order valence-electron chi connectivity index (χ0n) is 19.3. The van der Waals surface area contributed by atoms with Crippen LogP contribution < -0.4 is 10.2 Å². The molecular formula is C26H28FN3O4. The zero-order valence-corrected chi connectivity index (χ0v) is 19.3. The summed E-state index contributed by atoms with van der Waals surface area (Å²) in [7, 11) is 3.85. The van der Waals surface area contributed by atoms with Crippen molar-refractivity contribution in [1.29, 1.82) is 0 Å². The van der Waals surface area contributed by atoms with Gasteiger partial charge >= 0.3 is 0 Å². The van der Waals surface area contributed by atoms with E-state index in [-0.39, 0.29) is 23.7 Å². The van der Waals surface area contributed by atoms with Crippen LogP contribution in [0.15, 0.2) is 65.3 Å². The predicted molar refractivity (Wildman–Crippen MR) is 128 cm³/mol. The van der Waals surface area contributed by atoms with Crippen molar-refractivity contribution in [2.24, 2.45) is 0 Å². The summed E-state index contributed by atoms with van der Waals surface area (Å²) in [5, 5.41) is 2.84. The second-order valence-electron chi connectivity index (χ2n) is 8.50. The van der Waals surface area contributed by atoms with Crippen molar-refractivity contribution in [3.63, 3.8) is 0 Å². The van der Waals surface area contributed by atoms with E-state index >= 15 is 0 Å². The SMILES string of the molecule is CN(C)c1ccc(NC(=O)c2ccco2)cc1CN(CC1CCCO1)C(=O)c1ccc(F)cc1. The molecule has 0 bridgehead atoms. The highest BCUT2D eigenvalue weighted by Crippen LogP contribution is 2.26. The zero-order chi connectivity index (χ0) is 24.1. The number of furan rings is 1. The van der Waals surface area contributed by atoms with Gasteiger partial charge in [0, 0.05) is 50.7 Å². The Morgan fingerprint density at radius 2 is 1.91 bits per heavy atom. The van der Waals surface area contributed by atoms with Crippen molar-refractivity contribution < 1.29 is 23.1 Å². The van der Waals surface area contributed by atoms with Gasteiger partial charge in [-0.1, -0.05) is 0 Å². The lowest BCUT2D eigenvalue weighted by atomic mass is 10.1. The first-order chi connectivity index (χ1) is 16.4. The summed E-state index contributed by atoms with van der Waals surface area (Å²) in [6.07, 6.45) is 3.24. The average Bonchev–Trinajstić information content (AvgIpc) is 3.53. The Labute approximate surface area is 198 Å². The number of carbonyl (C=O) groups excluding carboxylic acids is 2. The second-order valence-corrected chi connectivity index (χ2v) is 8.50. The quantitative estimate of drug-likeness (QED) is 0.528. The van der Waals surface area contributed by atoms with E-state index in [1.54, 1.807) is 17.0 Å². The van der Waals surface area contributed by atoms with Gasteiger partial charge in [-0.25, -0.2) is 4.39 Å². The first-order valence-corrected chi connectivity index (χ1v) is 11.2. The molecule has 0 radical (unpaired) electrons. The molecule has 0 saturated carbocycles. The number of benzene rings is 2. The van der Waals surface area contributed by atoms with Crippen molar-refractivity contribution in [2.45, 2.75) is 25.5 Å². The minimum Gasteiger partial charge on any atom is -0.459 e. The minimum atomic E-state index is -0.392. The van der Waals surface area contributed by atoms with Crippen molar-refractivity contribution in [2.75, 3.05) is 37.5 Å². The summed E-state index contributed by atoms with van der Waals surface area (Å²) in [4.78, 5) is 29.5. The molecule has 7 nitrogen and oxygen atoms in total. The van der Waals surface area contributed by atoms with Crippen molar-refractivity contribution >= 4 is 23.2 Å². The van der Waals surface area contributed by atoms with E-state index in [4.69, 9.17) is 9.15 Å². The number of anilines is 2. The normalized spacial score (nSPS) is 15.2. The third-order valence-corrected chi connectivity index (χ3v) is 5.75. The fraction of sp³-hybridized carbons (Fsp3) is 0.308. The molecule has 1 aromatic heterocycles. The van der Waals surface area contributed by atoms with E-state index in [2.05, 4.69) is 5.32 Å². The number of hydrogen-bond donors (Lipinski definition) is 1. The van der Waals surface area contributed by atoms with Gasteiger partial charge < -0.3 is 24.3 Å². The molecule has 2 heterocycles. The molecule has 8 heteroatoms. The molecule has 2 aromatic carbocycles. The molecule has 34 heavy (non-hydrogen) atoms. The number of nitrogens with one attached hydrogen (secondary N) is 1.